The molecule has 2 aliphatic carbocycles. The van der Waals surface area contributed by atoms with Crippen molar-refractivity contribution in [2.45, 2.75) is 57.3 Å². The topological polar surface area (TPSA) is 76.4 Å². The lowest BCUT2D eigenvalue weighted by Gasteiger charge is -2.29. The maximum atomic E-state index is 13.1. The Morgan fingerprint density at radius 2 is 2.18 bits per heavy atom. The number of carbonyl (C=O) groups is 1. The third kappa shape index (κ3) is 4.18. The molecule has 2 N–H and O–H groups in total. The van der Waals surface area contributed by atoms with Gasteiger partial charge in [0.05, 0.1) is 25.1 Å². The van der Waals surface area contributed by atoms with Gasteiger partial charge in [0.2, 0.25) is 0 Å². The van der Waals surface area contributed by atoms with E-state index < -0.39 is 6.10 Å². The van der Waals surface area contributed by atoms with Gasteiger partial charge in [0, 0.05) is 29.7 Å². The van der Waals surface area contributed by atoms with Crippen LogP contribution >= 0.6 is 0 Å². The predicted octanol–water partition coefficient (Wildman–Crippen LogP) is 2.88. The van der Waals surface area contributed by atoms with Gasteiger partial charge in [-0.05, 0) is 62.3 Å². The van der Waals surface area contributed by atoms with Crippen LogP contribution in [-0.4, -0.2) is 45.4 Å². The number of aliphatic hydroxyl groups excluding tert-OH is 1. The van der Waals surface area contributed by atoms with Crippen molar-refractivity contribution in [3.8, 4) is 5.69 Å². The van der Waals surface area contributed by atoms with E-state index in [0.29, 0.717) is 6.61 Å². The molecular weight excluding hydrogens is 354 g/mol. The number of allylic oxidation sites excluding steroid dienone is 1. The number of nitrogens with zero attached hydrogens (tertiary/aromatic N) is 2. The fraction of sp³-hybridized carbons (Fsp3) is 0.455. The summed E-state index contributed by atoms with van der Waals surface area (Å²) in [6.07, 6.45) is 13.7. The van der Waals surface area contributed by atoms with Gasteiger partial charge >= 0.3 is 0 Å². The molecule has 1 aromatic heterocycles. The van der Waals surface area contributed by atoms with E-state index in [2.05, 4.69) is 28.5 Å². The largest absolute Gasteiger partial charge is 0.391 e. The van der Waals surface area contributed by atoms with E-state index in [9.17, 15) is 9.90 Å². The molecule has 1 heterocycles. The smallest absolute Gasteiger partial charge is 0.251 e. The molecule has 0 radical (unpaired) electrons. The second kappa shape index (κ2) is 8.29. The highest BCUT2D eigenvalue weighted by atomic mass is 16.5. The molecule has 1 atom stereocenters. The molecule has 6 heteroatoms. The lowest BCUT2D eigenvalue weighted by Crippen LogP contribution is -2.39. The number of aliphatic hydroxyl groups is 1. The Kier molecular flexibility index (Phi) is 5.59. The van der Waals surface area contributed by atoms with Crippen molar-refractivity contribution in [1.29, 1.82) is 0 Å². The molecule has 1 saturated carbocycles. The van der Waals surface area contributed by atoms with Gasteiger partial charge in [-0.3, -0.25) is 4.79 Å². The highest BCUT2D eigenvalue weighted by Gasteiger charge is 2.25. The van der Waals surface area contributed by atoms with Crippen LogP contribution in [0.5, 0.6) is 0 Å². The third-order valence-corrected chi connectivity index (χ3v) is 5.52. The number of rotatable bonds is 6. The van der Waals surface area contributed by atoms with Gasteiger partial charge < -0.3 is 19.7 Å². The number of carbonyl (C=O) groups excluding carboxylic acids is 1. The summed E-state index contributed by atoms with van der Waals surface area (Å²) in [4.78, 5) is 17.2. The number of nitrogens with one attached hydrogen (secondary N) is 1. The summed E-state index contributed by atoms with van der Waals surface area (Å²) < 4.78 is 7.64. The van der Waals surface area contributed by atoms with E-state index in [0.717, 1.165) is 54.5 Å². The number of hydrogen-bond acceptors (Lipinski definition) is 4. The van der Waals surface area contributed by atoms with E-state index in [1.165, 1.54) is 0 Å². The lowest BCUT2D eigenvalue weighted by molar-refractivity contribution is -0.0210. The van der Waals surface area contributed by atoms with Crippen LogP contribution in [-0.2, 0) is 11.2 Å². The zero-order chi connectivity index (χ0) is 19.5. The molecule has 2 aliphatic rings. The molecule has 6 nitrogen and oxygen atoms in total. The van der Waals surface area contributed by atoms with Gasteiger partial charge in [-0.2, -0.15) is 0 Å². The van der Waals surface area contributed by atoms with Gasteiger partial charge in [-0.25, -0.2) is 4.98 Å². The fourth-order valence-electron chi connectivity index (χ4n) is 4.03. The molecule has 1 fully saturated rings. The van der Waals surface area contributed by atoms with Crippen LogP contribution in [0.1, 0.15) is 54.1 Å². The molecule has 1 amide bonds. The molecule has 0 saturated heterocycles. The number of amides is 1. The number of aromatic nitrogens is 2. The average molecular weight is 381 g/mol. The Balaban J connectivity index is 1.43. The first kappa shape index (κ1) is 18.9. The van der Waals surface area contributed by atoms with Gasteiger partial charge in [0.25, 0.3) is 5.91 Å². The third-order valence-electron chi connectivity index (χ3n) is 5.52. The van der Waals surface area contributed by atoms with Crippen LogP contribution < -0.4 is 5.32 Å². The van der Waals surface area contributed by atoms with Crippen LogP contribution in [0, 0.1) is 0 Å². The molecule has 4 rings (SSSR count). The molecule has 148 valence electrons. The zero-order valence-corrected chi connectivity index (χ0v) is 16.2. The van der Waals surface area contributed by atoms with Gasteiger partial charge in [-0.1, -0.05) is 12.2 Å². The lowest BCUT2D eigenvalue weighted by atomic mass is 9.92. The minimum atomic E-state index is -0.434. The highest BCUT2D eigenvalue weighted by molar-refractivity contribution is 5.98. The summed E-state index contributed by atoms with van der Waals surface area (Å²) in [5.41, 5.74) is 3.89. The highest BCUT2D eigenvalue weighted by Crippen LogP contribution is 2.28. The summed E-state index contributed by atoms with van der Waals surface area (Å²) in [6, 6.07) is 4.23. The normalized spacial score (nSPS) is 22.1. The summed E-state index contributed by atoms with van der Waals surface area (Å²) in [5.74, 6) is -0.00439. The molecule has 2 aromatic rings. The van der Waals surface area contributed by atoms with Gasteiger partial charge in [0.1, 0.15) is 0 Å². The van der Waals surface area contributed by atoms with Crippen LogP contribution in [0.3, 0.4) is 0 Å². The van der Waals surface area contributed by atoms with Crippen molar-refractivity contribution in [1.82, 2.24) is 14.9 Å². The maximum absolute atomic E-state index is 13.1. The monoisotopic (exact) mass is 381 g/mol. The predicted molar refractivity (Wildman–Crippen MR) is 107 cm³/mol. The minimum Gasteiger partial charge on any atom is -0.391 e. The summed E-state index contributed by atoms with van der Waals surface area (Å²) in [6.45, 7) is 2.11. The number of ether oxygens (including phenoxy) is 1. The molecule has 1 aromatic carbocycles. The average Bonchev–Trinajstić information content (AvgIpc) is 3.38. The Labute approximate surface area is 165 Å². The standard InChI is InChI=1S/C22H27N3O3/c1-15(26)13-28-19-7-5-17(6-8-19)24-22(27)21-12-18(25-10-9-23-14-25)11-16-3-2-4-20(16)21/h2-3,9-12,14-15,17,19,26H,4-8,13H2,1H3,(H,24,27). The quantitative estimate of drug-likeness (QED) is 0.807. The van der Waals surface area contributed by atoms with Crippen molar-refractivity contribution >= 4 is 12.0 Å². The fourth-order valence-corrected chi connectivity index (χ4v) is 4.03. The molecule has 1 unspecified atom stereocenters. The van der Waals surface area contributed by atoms with Crippen molar-refractivity contribution in [3.63, 3.8) is 0 Å². The SMILES string of the molecule is CC(O)COC1CCC(NC(=O)c2cc(-n3ccnc3)cc3c2CC=C3)CC1. The summed E-state index contributed by atoms with van der Waals surface area (Å²) >= 11 is 0. The molecule has 0 bridgehead atoms. The van der Waals surface area contributed by atoms with E-state index >= 15 is 0 Å². The first-order valence-corrected chi connectivity index (χ1v) is 10.0. The molecule has 28 heavy (non-hydrogen) atoms. The van der Waals surface area contributed by atoms with E-state index in [1.807, 2.05) is 16.8 Å². The Hall–Kier alpha value is -2.44. The first-order valence-electron chi connectivity index (χ1n) is 10.0. The summed E-state index contributed by atoms with van der Waals surface area (Å²) in [5, 5.41) is 12.6. The van der Waals surface area contributed by atoms with E-state index in [-0.39, 0.29) is 18.1 Å². The Morgan fingerprint density at radius 3 is 2.89 bits per heavy atom. The van der Waals surface area contributed by atoms with E-state index in [1.54, 1.807) is 19.4 Å². The Bertz CT molecular complexity index is 850. The maximum Gasteiger partial charge on any atom is 0.251 e. The van der Waals surface area contributed by atoms with Crippen LogP contribution in [0.25, 0.3) is 11.8 Å². The van der Waals surface area contributed by atoms with Gasteiger partial charge in [-0.15, -0.1) is 0 Å². The second-order valence-corrected chi connectivity index (χ2v) is 7.77. The van der Waals surface area contributed by atoms with Crippen molar-refractivity contribution < 1.29 is 14.6 Å². The number of imidazole rings is 1. The minimum absolute atomic E-state index is 0.00439. The molecule has 0 aliphatic heterocycles. The number of hydrogen-bond donors (Lipinski definition) is 2. The first-order chi connectivity index (χ1) is 13.6. The van der Waals surface area contributed by atoms with Crippen LogP contribution in [0.2, 0.25) is 0 Å². The van der Waals surface area contributed by atoms with Crippen LogP contribution in [0.15, 0.2) is 36.9 Å². The van der Waals surface area contributed by atoms with Gasteiger partial charge in [0.15, 0.2) is 0 Å². The van der Waals surface area contributed by atoms with Crippen molar-refractivity contribution in [3.05, 3.63) is 53.6 Å². The molecular formula is C22H27N3O3. The summed E-state index contributed by atoms with van der Waals surface area (Å²) in [7, 11) is 0. The molecule has 0 spiro atoms. The zero-order valence-electron chi connectivity index (χ0n) is 16.2. The number of fused-ring (bicyclic) bond motifs is 1. The Morgan fingerprint density at radius 1 is 1.36 bits per heavy atom. The van der Waals surface area contributed by atoms with E-state index in [4.69, 9.17) is 4.74 Å². The van der Waals surface area contributed by atoms with Crippen molar-refractivity contribution in [2.24, 2.45) is 0 Å². The van der Waals surface area contributed by atoms with Crippen LogP contribution in [0.4, 0.5) is 0 Å². The number of benzene rings is 1. The second-order valence-electron chi connectivity index (χ2n) is 7.77. The van der Waals surface area contributed by atoms with Crippen molar-refractivity contribution in [2.75, 3.05) is 6.61 Å².